The van der Waals surface area contributed by atoms with Gasteiger partial charge in [0.2, 0.25) is 0 Å². The number of allylic oxidation sites excluding steroid dienone is 1. The van der Waals surface area contributed by atoms with Crippen LogP contribution in [0.4, 0.5) is 0 Å². The summed E-state index contributed by atoms with van der Waals surface area (Å²) in [5.74, 6) is 1.32. The highest BCUT2D eigenvalue weighted by molar-refractivity contribution is 5.89. The molecule has 2 aromatic rings. The van der Waals surface area contributed by atoms with E-state index in [0.717, 1.165) is 11.1 Å². The Morgan fingerprint density at radius 3 is 2.24 bits per heavy atom. The molecular weight excluding hydrogens is 262 g/mol. The van der Waals surface area contributed by atoms with Crippen molar-refractivity contribution in [1.29, 1.82) is 5.26 Å². The minimum atomic E-state index is 0.613. The summed E-state index contributed by atoms with van der Waals surface area (Å²) in [5, 5.41) is 9.36. The van der Waals surface area contributed by atoms with Crippen molar-refractivity contribution in [2.75, 3.05) is 14.2 Å². The van der Waals surface area contributed by atoms with E-state index in [1.165, 1.54) is 5.56 Å². The smallest absolute Gasteiger partial charge is 0.161 e. The highest BCUT2D eigenvalue weighted by Gasteiger charge is 2.05. The van der Waals surface area contributed by atoms with Crippen LogP contribution in [0.3, 0.4) is 0 Å². The molecule has 0 saturated heterocycles. The molecule has 106 valence electrons. The average Bonchev–Trinajstić information content (AvgIpc) is 2.53. The number of nitriles is 1. The molecule has 2 aromatic carbocycles. The maximum atomic E-state index is 9.36. The van der Waals surface area contributed by atoms with Crippen LogP contribution in [0.25, 0.3) is 11.6 Å². The molecule has 0 N–H and O–H groups in total. The Morgan fingerprint density at radius 2 is 1.67 bits per heavy atom. The number of methoxy groups -OCH3 is 2. The van der Waals surface area contributed by atoms with Crippen molar-refractivity contribution in [1.82, 2.24) is 0 Å². The van der Waals surface area contributed by atoms with Crippen LogP contribution in [0.5, 0.6) is 11.5 Å². The van der Waals surface area contributed by atoms with Gasteiger partial charge in [-0.3, -0.25) is 0 Å². The first-order valence-corrected chi connectivity index (χ1v) is 6.59. The van der Waals surface area contributed by atoms with Crippen LogP contribution < -0.4 is 9.47 Å². The summed E-state index contributed by atoms with van der Waals surface area (Å²) in [7, 11) is 3.19. The van der Waals surface area contributed by atoms with Gasteiger partial charge in [-0.1, -0.05) is 35.9 Å². The number of hydrogen-bond acceptors (Lipinski definition) is 3. The molecule has 0 aliphatic heterocycles. The lowest BCUT2D eigenvalue weighted by atomic mass is 10.0. The molecule has 0 bridgehead atoms. The first-order valence-electron chi connectivity index (χ1n) is 6.59. The van der Waals surface area contributed by atoms with Crippen LogP contribution in [0.1, 0.15) is 16.7 Å². The van der Waals surface area contributed by atoms with E-state index in [1.807, 2.05) is 55.5 Å². The largest absolute Gasteiger partial charge is 0.493 e. The Labute approximate surface area is 125 Å². The third-order valence-electron chi connectivity index (χ3n) is 3.20. The molecule has 0 saturated carbocycles. The molecule has 21 heavy (non-hydrogen) atoms. The van der Waals surface area contributed by atoms with Crippen LogP contribution in [-0.4, -0.2) is 14.2 Å². The molecule has 0 unspecified atom stereocenters. The summed E-state index contributed by atoms with van der Waals surface area (Å²) < 4.78 is 10.5. The average molecular weight is 279 g/mol. The zero-order chi connectivity index (χ0) is 15.2. The van der Waals surface area contributed by atoms with Gasteiger partial charge < -0.3 is 9.47 Å². The zero-order valence-electron chi connectivity index (χ0n) is 12.4. The molecule has 0 aromatic heterocycles. The lowest BCUT2D eigenvalue weighted by molar-refractivity contribution is 0.355. The summed E-state index contributed by atoms with van der Waals surface area (Å²) in [6, 6.07) is 15.7. The van der Waals surface area contributed by atoms with Crippen LogP contribution in [0.2, 0.25) is 0 Å². The van der Waals surface area contributed by atoms with E-state index in [-0.39, 0.29) is 0 Å². The summed E-state index contributed by atoms with van der Waals surface area (Å²) >= 11 is 0. The summed E-state index contributed by atoms with van der Waals surface area (Å²) in [5.41, 5.74) is 3.58. The predicted molar refractivity (Wildman–Crippen MR) is 84.2 cm³/mol. The molecule has 2 rings (SSSR count). The standard InChI is InChI=1S/C18H17NO2/c1-13-4-7-15(8-5-13)16(12-19)10-14-6-9-17(20-2)18(11-14)21-3/h4-11H,1-3H3/b16-10+. The fraction of sp³-hybridized carbons (Fsp3) is 0.167. The van der Waals surface area contributed by atoms with Crippen molar-refractivity contribution in [3.63, 3.8) is 0 Å². The molecule has 0 fully saturated rings. The van der Waals surface area contributed by atoms with Gasteiger partial charge in [-0.2, -0.15) is 5.26 Å². The van der Waals surface area contributed by atoms with Crippen LogP contribution in [0.15, 0.2) is 42.5 Å². The lowest BCUT2D eigenvalue weighted by Gasteiger charge is -2.08. The van der Waals surface area contributed by atoms with Crippen molar-refractivity contribution in [3.8, 4) is 17.6 Å². The number of benzene rings is 2. The first kappa shape index (κ1) is 14.7. The Morgan fingerprint density at radius 1 is 1.00 bits per heavy atom. The SMILES string of the molecule is COc1ccc(/C=C(\C#N)c2ccc(C)cc2)cc1OC. The van der Waals surface area contributed by atoms with Gasteiger partial charge in [0.05, 0.1) is 25.9 Å². The van der Waals surface area contributed by atoms with E-state index in [2.05, 4.69) is 6.07 Å². The van der Waals surface area contributed by atoms with E-state index in [0.29, 0.717) is 17.1 Å². The second-order valence-electron chi connectivity index (χ2n) is 4.65. The Bertz CT molecular complexity index is 694. The third-order valence-corrected chi connectivity index (χ3v) is 3.20. The number of ether oxygens (including phenoxy) is 2. The molecule has 0 spiro atoms. The Hall–Kier alpha value is -2.73. The van der Waals surface area contributed by atoms with Crippen molar-refractivity contribution in [2.45, 2.75) is 6.92 Å². The number of rotatable bonds is 4. The molecular formula is C18H17NO2. The van der Waals surface area contributed by atoms with Crippen LogP contribution >= 0.6 is 0 Å². The van der Waals surface area contributed by atoms with Crippen LogP contribution in [-0.2, 0) is 0 Å². The highest BCUT2D eigenvalue weighted by atomic mass is 16.5. The molecule has 3 heteroatoms. The Balaban J connectivity index is 2.41. The second-order valence-corrected chi connectivity index (χ2v) is 4.65. The number of nitrogens with zero attached hydrogens (tertiary/aromatic N) is 1. The van der Waals surface area contributed by atoms with E-state index in [9.17, 15) is 5.26 Å². The Kier molecular flexibility index (Phi) is 4.63. The van der Waals surface area contributed by atoms with Crippen molar-refractivity contribution < 1.29 is 9.47 Å². The van der Waals surface area contributed by atoms with Crippen LogP contribution in [0, 0.1) is 18.3 Å². The van der Waals surface area contributed by atoms with E-state index < -0.39 is 0 Å². The molecule has 0 amide bonds. The molecule has 0 atom stereocenters. The fourth-order valence-corrected chi connectivity index (χ4v) is 2.02. The molecule has 0 aliphatic carbocycles. The normalized spacial score (nSPS) is 10.9. The van der Waals surface area contributed by atoms with Gasteiger partial charge in [-0.05, 0) is 36.3 Å². The maximum absolute atomic E-state index is 9.36. The zero-order valence-corrected chi connectivity index (χ0v) is 12.4. The third kappa shape index (κ3) is 3.43. The van der Waals surface area contributed by atoms with Gasteiger partial charge >= 0.3 is 0 Å². The topological polar surface area (TPSA) is 42.2 Å². The maximum Gasteiger partial charge on any atom is 0.161 e. The highest BCUT2D eigenvalue weighted by Crippen LogP contribution is 2.29. The summed E-state index contributed by atoms with van der Waals surface area (Å²) in [4.78, 5) is 0. The minimum Gasteiger partial charge on any atom is -0.493 e. The van der Waals surface area contributed by atoms with E-state index in [4.69, 9.17) is 9.47 Å². The first-order chi connectivity index (χ1) is 10.2. The molecule has 0 heterocycles. The fourth-order valence-electron chi connectivity index (χ4n) is 2.02. The van der Waals surface area contributed by atoms with E-state index in [1.54, 1.807) is 14.2 Å². The van der Waals surface area contributed by atoms with Gasteiger partial charge in [-0.15, -0.1) is 0 Å². The minimum absolute atomic E-state index is 0.613. The second kappa shape index (κ2) is 6.62. The summed E-state index contributed by atoms with van der Waals surface area (Å²) in [6.07, 6.45) is 1.84. The van der Waals surface area contributed by atoms with Gasteiger partial charge in [0.25, 0.3) is 0 Å². The molecule has 0 aliphatic rings. The predicted octanol–water partition coefficient (Wildman–Crippen LogP) is 4.08. The van der Waals surface area contributed by atoms with Crippen molar-refractivity contribution >= 4 is 11.6 Å². The van der Waals surface area contributed by atoms with Gasteiger partial charge in [-0.25, -0.2) is 0 Å². The lowest BCUT2D eigenvalue weighted by Crippen LogP contribution is -1.91. The van der Waals surface area contributed by atoms with Crippen molar-refractivity contribution in [2.24, 2.45) is 0 Å². The molecule has 0 radical (unpaired) electrons. The summed E-state index contributed by atoms with van der Waals surface area (Å²) in [6.45, 7) is 2.02. The monoisotopic (exact) mass is 279 g/mol. The van der Waals surface area contributed by atoms with Gasteiger partial charge in [0.15, 0.2) is 11.5 Å². The van der Waals surface area contributed by atoms with Crippen molar-refractivity contribution in [3.05, 3.63) is 59.2 Å². The quantitative estimate of drug-likeness (QED) is 0.625. The number of hydrogen-bond donors (Lipinski definition) is 0. The van der Waals surface area contributed by atoms with E-state index >= 15 is 0 Å². The van der Waals surface area contributed by atoms with Gasteiger partial charge in [0.1, 0.15) is 0 Å². The van der Waals surface area contributed by atoms with Gasteiger partial charge in [0, 0.05) is 0 Å². The molecule has 3 nitrogen and oxygen atoms in total. The number of aryl methyl sites for hydroxylation is 1.